The van der Waals surface area contributed by atoms with E-state index in [1.54, 1.807) is 0 Å². The second-order valence-corrected chi connectivity index (χ2v) is 10.1. The monoisotopic (exact) mass is 365 g/mol. The van der Waals surface area contributed by atoms with Crippen molar-refractivity contribution >= 4 is 23.5 Å². The van der Waals surface area contributed by atoms with Gasteiger partial charge in [0.1, 0.15) is 0 Å². The van der Waals surface area contributed by atoms with Gasteiger partial charge in [-0.2, -0.15) is 15.0 Å². The van der Waals surface area contributed by atoms with Crippen LogP contribution in [0.5, 0.6) is 0 Å². The molecule has 1 aliphatic carbocycles. The molecule has 3 heterocycles. The molecular weight excluding hydrogens is 334 g/mol. The molecule has 1 aromatic heterocycles. The highest BCUT2D eigenvalue weighted by molar-refractivity contribution is 6.28. The molecule has 4 rings (SSSR count). The zero-order valence-corrected chi connectivity index (χ0v) is 17.0. The van der Waals surface area contributed by atoms with Gasteiger partial charge in [-0.05, 0) is 74.8 Å². The maximum absolute atomic E-state index is 6.23. The number of nitrogens with zero attached hydrogens (tertiary/aromatic N) is 4. The largest absolute Gasteiger partial charge is 0.349 e. The van der Waals surface area contributed by atoms with Crippen molar-refractivity contribution < 1.29 is 0 Å². The molecule has 0 atom stereocenters. The van der Waals surface area contributed by atoms with E-state index >= 15 is 0 Å². The molecule has 2 aliphatic heterocycles. The quantitative estimate of drug-likeness (QED) is 0.832. The zero-order valence-electron chi connectivity index (χ0n) is 16.3. The van der Waals surface area contributed by atoms with Crippen molar-refractivity contribution in [2.24, 2.45) is 17.3 Å². The topological polar surface area (TPSA) is 53.9 Å². The number of anilines is 2. The van der Waals surface area contributed by atoms with Crippen molar-refractivity contribution in [2.75, 3.05) is 23.3 Å². The molecule has 1 aromatic rings. The predicted octanol–water partition coefficient (Wildman–Crippen LogP) is 4.78. The lowest BCUT2D eigenvalue weighted by Crippen LogP contribution is -2.37. The third-order valence-electron chi connectivity index (χ3n) is 5.23. The van der Waals surface area contributed by atoms with Gasteiger partial charge in [-0.15, -0.1) is 0 Å². The van der Waals surface area contributed by atoms with Crippen molar-refractivity contribution in [1.29, 1.82) is 0 Å². The molecule has 2 bridgehead atoms. The summed E-state index contributed by atoms with van der Waals surface area (Å²) in [6, 6.07) is 0. The van der Waals surface area contributed by atoms with E-state index in [9.17, 15) is 0 Å². The van der Waals surface area contributed by atoms with Gasteiger partial charge in [-0.1, -0.05) is 20.8 Å². The van der Waals surface area contributed by atoms with Crippen molar-refractivity contribution in [1.82, 2.24) is 15.0 Å². The second-order valence-electron chi connectivity index (χ2n) is 9.77. The Morgan fingerprint density at radius 2 is 1.52 bits per heavy atom. The molecule has 3 aliphatic rings. The van der Waals surface area contributed by atoms with E-state index in [-0.39, 0.29) is 16.2 Å². The summed E-state index contributed by atoms with van der Waals surface area (Å²) in [5, 5.41) is 3.75. The number of hydrogen-bond acceptors (Lipinski definition) is 5. The predicted molar refractivity (Wildman–Crippen MR) is 104 cm³/mol. The third kappa shape index (κ3) is 5.19. The van der Waals surface area contributed by atoms with Gasteiger partial charge in [0.25, 0.3) is 0 Å². The molecule has 3 fully saturated rings. The Morgan fingerprint density at radius 1 is 0.960 bits per heavy atom. The summed E-state index contributed by atoms with van der Waals surface area (Å²) in [4.78, 5) is 15.8. The van der Waals surface area contributed by atoms with E-state index in [1.165, 1.54) is 25.7 Å². The summed E-state index contributed by atoms with van der Waals surface area (Å²) in [7, 11) is 0. The van der Waals surface area contributed by atoms with Gasteiger partial charge in [0, 0.05) is 18.6 Å². The molecule has 0 spiro atoms. The van der Waals surface area contributed by atoms with Crippen molar-refractivity contribution in [3.8, 4) is 0 Å². The van der Waals surface area contributed by atoms with Crippen LogP contribution in [0.15, 0.2) is 0 Å². The van der Waals surface area contributed by atoms with E-state index in [0.29, 0.717) is 5.95 Å². The van der Waals surface area contributed by atoms with Gasteiger partial charge in [-0.25, -0.2) is 0 Å². The summed E-state index contributed by atoms with van der Waals surface area (Å²) in [5.41, 5.74) is 0.109. The van der Waals surface area contributed by atoms with Gasteiger partial charge in [-0.3, -0.25) is 0 Å². The summed E-state index contributed by atoms with van der Waals surface area (Å²) in [6.45, 7) is 13.2. The molecule has 1 saturated carbocycles. The lowest BCUT2D eigenvalue weighted by atomic mass is 9.82. The molecule has 25 heavy (non-hydrogen) atoms. The minimum Gasteiger partial charge on any atom is -0.349 e. The maximum Gasteiger partial charge on any atom is 0.231 e. The van der Waals surface area contributed by atoms with Crippen LogP contribution in [-0.2, 0) is 0 Å². The van der Waals surface area contributed by atoms with Crippen molar-refractivity contribution in [3.05, 3.63) is 5.28 Å². The highest BCUT2D eigenvalue weighted by atomic mass is 35.5. The van der Waals surface area contributed by atoms with Crippen molar-refractivity contribution in [3.63, 3.8) is 0 Å². The highest BCUT2D eigenvalue weighted by Gasteiger charge is 2.31. The molecule has 0 amide bonds. The average molecular weight is 366 g/mol. The summed E-state index contributed by atoms with van der Waals surface area (Å²) >= 11 is 6.23. The molecule has 1 N–H and O–H groups in total. The number of halogens is 1. The van der Waals surface area contributed by atoms with Crippen LogP contribution in [0.1, 0.15) is 66.7 Å². The van der Waals surface area contributed by atoms with Crippen LogP contribution in [0.25, 0.3) is 0 Å². The zero-order chi connectivity index (χ0) is 18.2. The number of aromatic nitrogens is 3. The van der Waals surface area contributed by atoms with E-state index in [0.717, 1.165) is 37.3 Å². The molecule has 6 heteroatoms. The normalized spacial score (nSPS) is 24.3. The van der Waals surface area contributed by atoms with Crippen LogP contribution >= 0.6 is 11.6 Å². The Labute approximate surface area is 157 Å². The van der Waals surface area contributed by atoms with Gasteiger partial charge in [0.2, 0.25) is 17.2 Å². The SMILES string of the molecule is CC(C)(C)CC(C)(C)Nc1nc(Cl)nc(N2CC3CCC(CC3)C2)n1. The molecule has 0 radical (unpaired) electrons. The Bertz CT molecular complexity index is 588. The Morgan fingerprint density at radius 3 is 2.04 bits per heavy atom. The number of rotatable bonds is 4. The Balaban J connectivity index is 1.78. The lowest BCUT2D eigenvalue weighted by Gasteiger charge is -2.33. The van der Waals surface area contributed by atoms with Crippen LogP contribution in [-0.4, -0.2) is 33.6 Å². The first-order valence-corrected chi connectivity index (χ1v) is 9.92. The van der Waals surface area contributed by atoms with Gasteiger partial charge in [0.15, 0.2) is 0 Å². The third-order valence-corrected chi connectivity index (χ3v) is 5.39. The minimum absolute atomic E-state index is 0.113. The van der Waals surface area contributed by atoms with Gasteiger partial charge >= 0.3 is 0 Å². The standard InChI is InChI=1S/C19H32ClN5/c1-18(2,3)12-19(4,5)24-16-21-15(20)22-17(23-16)25-10-13-6-7-14(11-25)9-8-13/h13-14H,6-12H2,1-5H3,(H,21,22,23,24). The fraction of sp³-hybridized carbons (Fsp3) is 0.842. The number of fused-ring (bicyclic) bond motifs is 4. The van der Waals surface area contributed by atoms with E-state index in [1.807, 2.05) is 0 Å². The maximum atomic E-state index is 6.23. The second kappa shape index (κ2) is 6.90. The number of nitrogens with one attached hydrogen (secondary N) is 1. The first-order valence-electron chi connectivity index (χ1n) is 9.54. The summed E-state index contributed by atoms with van der Waals surface area (Å²) in [6.07, 6.45) is 6.35. The van der Waals surface area contributed by atoms with Crippen LogP contribution in [0.2, 0.25) is 5.28 Å². The van der Waals surface area contributed by atoms with Crippen molar-refractivity contribution in [2.45, 2.75) is 72.3 Å². The minimum atomic E-state index is -0.113. The van der Waals surface area contributed by atoms with Gasteiger partial charge in [0.05, 0.1) is 0 Å². The van der Waals surface area contributed by atoms with Crippen LogP contribution in [0.4, 0.5) is 11.9 Å². The van der Waals surface area contributed by atoms with Crippen LogP contribution < -0.4 is 10.2 Å². The van der Waals surface area contributed by atoms with Gasteiger partial charge < -0.3 is 10.2 Å². The number of hydrogen-bond donors (Lipinski definition) is 1. The molecule has 5 nitrogen and oxygen atoms in total. The fourth-order valence-corrected chi connectivity index (χ4v) is 4.82. The highest BCUT2D eigenvalue weighted by Crippen LogP contribution is 2.35. The van der Waals surface area contributed by atoms with Crippen LogP contribution in [0, 0.1) is 17.3 Å². The smallest absolute Gasteiger partial charge is 0.231 e. The van der Waals surface area contributed by atoms with Crippen LogP contribution in [0.3, 0.4) is 0 Å². The molecular formula is C19H32ClN5. The molecule has 0 aromatic carbocycles. The van der Waals surface area contributed by atoms with E-state index in [4.69, 9.17) is 16.6 Å². The molecule has 0 unspecified atom stereocenters. The first-order chi connectivity index (χ1) is 11.6. The van der Waals surface area contributed by atoms with E-state index < -0.39 is 0 Å². The summed E-state index contributed by atoms with van der Waals surface area (Å²) < 4.78 is 0. The Hall–Kier alpha value is -1.10. The van der Waals surface area contributed by atoms with E-state index in [2.05, 4.69) is 54.8 Å². The summed E-state index contributed by atoms with van der Waals surface area (Å²) in [5.74, 6) is 2.85. The molecule has 2 saturated heterocycles. The molecule has 140 valence electrons. The Kier molecular flexibility index (Phi) is 5.16. The lowest BCUT2D eigenvalue weighted by molar-refractivity contribution is 0.301. The fourth-order valence-electron chi connectivity index (χ4n) is 4.67. The first kappa shape index (κ1) is 18.7. The average Bonchev–Trinajstić information content (AvgIpc) is 2.76.